The molecule has 0 radical (unpaired) electrons. The van der Waals surface area contributed by atoms with Crippen molar-refractivity contribution < 1.29 is 23.8 Å². The molecule has 5 rings (SSSR count). The summed E-state index contributed by atoms with van der Waals surface area (Å²) in [5, 5.41) is 3.60. The van der Waals surface area contributed by atoms with Crippen molar-refractivity contribution in [2.24, 2.45) is 0 Å². The molecule has 7 nitrogen and oxygen atoms in total. The number of benzene rings is 3. The Morgan fingerprint density at radius 2 is 1.61 bits per heavy atom. The molecule has 7 heteroatoms. The lowest BCUT2D eigenvalue weighted by Gasteiger charge is -2.35. The molecule has 1 amide bonds. The molecule has 0 saturated heterocycles. The van der Waals surface area contributed by atoms with E-state index in [9.17, 15) is 9.59 Å². The van der Waals surface area contributed by atoms with Crippen molar-refractivity contribution in [1.82, 2.24) is 0 Å². The van der Waals surface area contributed by atoms with E-state index in [1.165, 1.54) is 0 Å². The number of methoxy groups -OCH3 is 3. The third-order valence-corrected chi connectivity index (χ3v) is 8.06. The number of carbonyl (C=O) groups is 2. The second-order valence-corrected chi connectivity index (χ2v) is 10.6. The standard InChI is InChI=1S/C34H38N2O5/c1-5-6-7-12-32(38)36-28-11-9-8-10-26(28)35-27-19-24(22-13-16-25(39-2)17-14-22)20-29(37)33(27)34(36)23-15-18-30(40-3)31(21-23)41-4/h8-11,13-18,21,24,34-35H,5-7,12,19-20H2,1-4H3. The van der Waals surface area contributed by atoms with Gasteiger partial charge in [-0.05, 0) is 66.3 Å². The Kier molecular flexibility index (Phi) is 8.62. The summed E-state index contributed by atoms with van der Waals surface area (Å²) in [6, 6.07) is 20.8. The highest BCUT2D eigenvalue weighted by molar-refractivity contribution is 6.06. The van der Waals surface area contributed by atoms with Crippen LogP contribution in [0.1, 0.15) is 68.5 Å². The van der Waals surface area contributed by atoms with Crippen LogP contribution >= 0.6 is 0 Å². The fourth-order valence-electron chi connectivity index (χ4n) is 5.96. The van der Waals surface area contributed by atoms with Crippen LogP contribution in [-0.4, -0.2) is 33.0 Å². The Labute approximate surface area is 242 Å². The van der Waals surface area contributed by atoms with E-state index in [1.807, 2.05) is 71.6 Å². The minimum Gasteiger partial charge on any atom is -0.497 e. The maximum Gasteiger partial charge on any atom is 0.227 e. The lowest BCUT2D eigenvalue weighted by atomic mass is 9.78. The van der Waals surface area contributed by atoms with Gasteiger partial charge < -0.3 is 19.5 Å². The van der Waals surface area contributed by atoms with E-state index in [0.717, 1.165) is 53.2 Å². The van der Waals surface area contributed by atoms with E-state index in [1.54, 1.807) is 21.3 Å². The molecule has 0 spiro atoms. The number of ether oxygens (including phenoxy) is 3. The summed E-state index contributed by atoms with van der Waals surface area (Å²) in [5.41, 5.74) is 4.93. The predicted molar refractivity (Wildman–Crippen MR) is 161 cm³/mol. The summed E-state index contributed by atoms with van der Waals surface area (Å²) < 4.78 is 16.5. The average Bonchev–Trinajstić information content (AvgIpc) is 3.15. The van der Waals surface area contributed by atoms with Gasteiger partial charge in [-0.2, -0.15) is 0 Å². The van der Waals surface area contributed by atoms with Gasteiger partial charge in [0.25, 0.3) is 0 Å². The minimum absolute atomic E-state index is 0.00433. The second kappa shape index (κ2) is 12.5. The molecule has 1 N–H and O–H groups in total. The molecule has 41 heavy (non-hydrogen) atoms. The molecule has 2 aliphatic rings. The third kappa shape index (κ3) is 5.67. The van der Waals surface area contributed by atoms with E-state index >= 15 is 0 Å². The quantitative estimate of drug-likeness (QED) is 0.282. The van der Waals surface area contributed by atoms with E-state index in [4.69, 9.17) is 14.2 Å². The number of hydrogen-bond donors (Lipinski definition) is 1. The summed E-state index contributed by atoms with van der Waals surface area (Å²) in [4.78, 5) is 30.1. The van der Waals surface area contributed by atoms with Crippen molar-refractivity contribution in [3.63, 3.8) is 0 Å². The first kappa shape index (κ1) is 28.3. The van der Waals surface area contributed by atoms with E-state index in [2.05, 4.69) is 12.2 Å². The number of hydrogen-bond acceptors (Lipinski definition) is 6. The first-order valence-corrected chi connectivity index (χ1v) is 14.3. The Bertz CT molecular complexity index is 1450. The number of nitrogens with zero attached hydrogens (tertiary/aromatic N) is 1. The van der Waals surface area contributed by atoms with Crippen molar-refractivity contribution in [3.05, 3.63) is 89.1 Å². The van der Waals surface area contributed by atoms with E-state index in [0.29, 0.717) is 36.3 Å². The number of fused-ring (bicyclic) bond motifs is 1. The van der Waals surface area contributed by atoms with Gasteiger partial charge in [-0.1, -0.05) is 50.1 Å². The van der Waals surface area contributed by atoms with Gasteiger partial charge >= 0.3 is 0 Å². The maximum atomic E-state index is 14.2. The molecule has 0 saturated carbocycles. The van der Waals surface area contributed by atoms with Crippen LogP contribution in [-0.2, 0) is 9.59 Å². The average molecular weight is 555 g/mol. The highest BCUT2D eigenvalue weighted by Crippen LogP contribution is 2.48. The van der Waals surface area contributed by atoms with Crippen LogP contribution < -0.4 is 24.4 Å². The minimum atomic E-state index is -0.612. The van der Waals surface area contributed by atoms with Gasteiger partial charge in [-0.3, -0.25) is 14.5 Å². The van der Waals surface area contributed by atoms with Gasteiger partial charge in [0, 0.05) is 24.1 Å². The molecule has 1 aliphatic carbocycles. The number of carbonyl (C=O) groups excluding carboxylic acids is 2. The lowest BCUT2D eigenvalue weighted by Crippen LogP contribution is -2.38. The maximum absolute atomic E-state index is 14.2. The van der Waals surface area contributed by atoms with Crippen molar-refractivity contribution in [2.75, 3.05) is 31.5 Å². The van der Waals surface area contributed by atoms with Crippen molar-refractivity contribution >= 4 is 23.1 Å². The zero-order chi connectivity index (χ0) is 28.9. The Morgan fingerprint density at radius 3 is 2.32 bits per heavy atom. The lowest BCUT2D eigenvalue weighted by molar-refractivity contribution is -0.119. The number of ketones is 1. The van der Waals surface area contributed by atoms with Crippen molar-refractivity contribution in [1.29, 1.82) is 0 Å². The fourth-order valence-corrected chi connectivity index (χ4v) is 5.96. The summed E-state index contributed by atoms with van der Waals surface area (Å²) in [6.07, 6.45) is 4.17. The monoisotopic (exact) mass is 554 g/mol. The van der Waals surface area contributed by atoms with Gasteiger partial charge in [0.15, 0.2) is 17.3 Å². The number of allylic oxidation sites excluding steroid dienone is 1. The normalized spacial score (nSPS) is 18.1. The van der Waals surface area contributed by atoms with Gasteiger partial charge in [-0.25, -0.2) is 0 Å². The van der Waals surface area contributed by atoms with Crippen LogP contribution in [0.25, 0.3) is 0 Å². The largest absolute Gasteiger partial charge is 0.497 e. The number of Topliss-reactive ketones (excluding diaryl/α,β-unsaturated/α-hetero) is 1. The first-order valence-electron chi connectivity index (χ1n) is 14.3. The highest BCUT2D eigenvalue weighted by atomic mass is 16.5. The Morgan fingerprint density at radius 1 is 0.878 bits per heavy atom. The molecule has 2 unspecified atom stereocenters. The number of nitrogens with one attached hydrogen (secondary N) is 1. The van der Waals surface area contributed by atoms with Crippen LogP contribution in [0.15, 0.2) is 78.0 Å². The third-order valence-electron chi connectivity index (χ3n) is 8.06. The molecular weight excluding hydrogens is 516 g/mol. The topological polar surface area (TPSA) is 77.1 Å². The summed E-state index contributed by atoms with van der Waals surface area (Å²) >= 11 is 0. The van der Waals surface area contributed by atoms with E-state index < -0.39 is 6.04 Å². The van der Waals surface area contributed by atoms with Crippen LogP contribution in [0.3, 0.4) is 0 Å². The first-order chi connectivity index (χ1) is 20.0. The molecule has 1 heterocycles. The van der Waals surface area contributed by atoms with Crippen LogP contribution in [0.5, 0.6) is 17.2 Å². The highest BCUT2D eigenvalue weighted by Gasteiger charge is 2.41. The van der Waals surface area contributed by atoms with Gasteiger partial charge in [0.1, 0.15) is 5.75 Å². The SMILES string of the molecule is CCCCCC(=O)N1c2ccccc2NC2=C(C(=O)CC(c3ccc(OC)cc3)C2)C1c1ccc(OC)c(OC)c1. The summed E-state index contributed by atoms with van der Waals surface area (Å²) in [5.74, 6) is 1.95. The molecule has 1 aliphatic heterocycles. The summed E-state index contributed by atoms with van der Waals surface area (Å²) in [7, 11) is 4.83. The molecule has 3 aromatic rings. The number of amides is 1. The molecule has 3 aromatic carbocycles. The fraction of sp³-hybridized carbons (Fsp3) is 0.353. The van der Waals surface area contributed by atoms with Crippen molar-refractivity contribution in [2.45, 2.75) is 57.4 Å². The smallest absolute Gasteiger partial charge is 0.227 e. The number of unbranched alkanes of at least 4 members (excludes halogenated alkanes) is 2. The predicted octanol–water partition coefficient (Wildman–Crippen LogP) is 7.19. The molecular formula is C34H38N2O5. The molecule has 0 aromatic heterocycles. The number of rotatable bonds is 9. The Hall–Kier alpha value is -4.26. The molecule has 0 fully saturated rings. The van der Waals surface area contributed by atoms with Gasteiger partial charge in [0.05, 0.1) is 38.7 Å². The van der Waals surface area contributed by atoms with Crippen LogP contribution in [0.4, 0.5) is 11.4 Å². The van der Waals surface area contributed by atoms with Crippen molar-refractivity contribution in [3.8, 4) is 17.2 Å². The Balaban J connectivity index is 1.67. The number of anilines is 2. The van der Waals surface area contributed by atoms with Crippen LogP contribution in [0.2, 0.25) is 0 Å². The summed E-state index contributed by atoms with van der Waals surface area (Å²) in [6.45, 7) is 2.12. The van der Waals surface area contributed by atoms with Crippen LogP contribution in [0, 0.1) is 0 Å². The van der Waals surface area contributed by atoms with Gasteiger partial charge in [0.2, 0.25) is 5.91 Å². The molecule has 2 atom stereocenters. The molecule has 214 valence electrons. The second-order valence-electron chi connectivity index (χ2n) is 10.6. The zero-order valence-corrected chi connectivity index (χ0v) is 24.2. The van der Waals surface area contributed by atoms with Gasteiger partial charge in [-0.15, -0.1) is 0 Å². The molecule has 0 bridgehead atoms. The van der Waals surface area contributed by atoms with E-state index in [-0.39, 0.29) is 17.6 Å². The number of para-hydroxylation sites is 2. The zero-order valence-electron chi connectivity index (χ0n) is 24.2.